The number of nitrogens with zero attached hydrogens (tertiary/aromatic N) is 1. The molecular formula is C13H19BrN2O4. The Bertz CT molecular complexity index is 492. The Balaban J connectivity index is 2.79. The van der Waals surface area contributed by atoms with E-state index < -0.39 is 10.5 Å². The average Bonchev–Trinajstić information content (AvgIpc) is 2.36. The van der Waals surface area contributed by atoms with Gasteiger partial charge in [0.15, 0.2) is 0 Å². The molecule has 0 saturated heterocycles. The monoisotopic (exact) mass is 346 g/mol. The number of aryl methyl sites for hydroxylation is 1. The number of methoxy groups -OCH3 is 1. The van der Waals surface area contributed by atoms with Crippen LogP contribution in [-0.2, 0) is 4.74 Å². The minimum Gasteiger partial charge on any atom is -0.388 e. The molecule has 0 bridgehead atoms. The summed E-state index contributed by atoms with van der Waals surface area (Å²) in [6, 6.07) is 3.15. The third kappa shape index (κ3) is 4.73. The van der Waals surface area contributed by atoms with Gasteiger partial charge < -0.3 is 15.2 Å². The maximum absolute atomic E-state index is 10.8. The summed E-state index contributed by atoms with van der Waals surface area (Å²) in [5.74, 6) is 0. The van der Waals surface area contributed by atoms with Gasteiger partial charge in [-0.05, 0) is 35.8 Å². The zero-order chi connectivity index (χ0) is 15.3. The normalized spacial score (nSPS) is 13.8. The molecule has 0 aliphatic heterocycles. The molecule has 0 fully saturated rings. The molecule has 7 heteroatoms. The number of anilines is 1. The lowest BCUT2D eigenvalue weighted by Gasteiger charge is -2.24. The number of rotatable bonds is 7. The van der Waals surface area contributed by atoms with E-state index in [1.807, 2.05) is 0 Å². The second kappa shape index (κ2) is 7.01. The second-order valence-electron chi connectivity index (χ2n) is 4.97. The zero-order valence-corrected chi connectivity index (χ0v) is 13.4. The minimum atomic E-state index is -0.912. The predicted octanol–water partition coefficient (Wildman–Crippen LogP) is 2.87. The van der Waals surface area contributed by atoms with Gasteiger partial charge in [-0.25, -0.2) is 0 Å². The Morgan fingerprint density at radius 2 is 2.20 bits per heavy atom. The molecule has 1 aromatic rings. The van der Waals surface area contributed by atoms with Crippen LogP contribution < -0.4 is 5.32 Å². The van der Waals surface area contributed by atoms with E-state index in [1.54, 1.807) is 27.0 Å². The summed E-state index contributed by atoms with van der Waals surface area (Å²) in [5, 5.41) is 24.1. The van der Waals surface area contributed by atoms with Crippen molar-refractivity contribution in [3.05, 3.63) is 32.3 Å². The summed E-state index contributed by atoms with van der Waals surface area (Å²) in [5.41, 5.74) is 0.432. The number of halogens is 1. The first-order valence-corrected chi connectivity index (χ1v) is 6.96. The Hall–Kier alpha value is -1.18. The molecule has 1 atom stereocenters. The van der Waals surface area contributed by atoms with Crippen molar-refractivity contribution >= 4 is 27.3 Å². The van der Waals surface area contributed by atoms with Gasteiger partial charge in [0.1, 0.15) is 0 Å². The quantitative estimate of drug-likeness (QED) is 0.585. The Morgan fingerprint density at radius 1 is 1.55 bits per heavy atom. The lowest BCUT2D eigenvalue weighted by molar-refractivity contribution is -0.385. The first kappa shape index (κ1) is 16.9. The number of nitrogens with one attached hydrogen (secondary N) is 1. The molecule has 6 nitrogen and oxygen atoms in total. The van der Waals surface area contributed by atoms with Crippen molar-refractivity contribution < 1.29 is 14.8 Å². The Morgan fingerprint density at radius 3 is 2.75 bits per heavy atom. The number of hydrogen-bond acceptors (Lipinski definition) is 5. The molecule has 0 radical (unpaired) electrons. The summed E-state index contributed by atoms with van der Waals surface area (Å²) in [4.78, 5) is 10.4. The van der Waals surface area contributed by atoms with Gasteiger partial charge >= 0.3 is 0 Å². The lowest BCUT2D eigenvalue weighted by atomic mass is 10.0. The smallest absolute Gasteiger partial charge is 0.273 e. The van der Waals surface area contributed by atoms with E-state index >= 15 is 0 Å². The number of benzene rings is 1. The van der Waals surface area contributed by atoms with Crippen LogP contribution in [-0.4, -0.2) is 35.9 Å². The second-order valence-corrected chi connectivity index (χ2v) is 5.82. The summed E-state index contributed by atoms with van der Waals surface area (Å²) in [6.07, 6.45) is 0.500. The third-order valence-electron chi connectivity index (χ3n) is 2.99. The Kier molecular flexibility index (Phi) is 5.91. The van der Waals surface area contributed by atoms with Crippen molar-refractivity contribution in [3.8, 4) is 0 Å². The highest BCUT2D eigenvalue weighted by atomic mass is 79.9. The van der Waals surface area contributed by atoms with E-state index in [0.717, 1.165) is 0 Å². The van der Waals surface area contributed by atoms with Gasteiger partial charge in [-0.1, -0.05) is 0 Å². The van der Waals surface area contributed by atoms with Crippen LogP contribution in [0.1, 0.15) is 18.9 Å². The van der Waals surface area contributed by atoms with Crippen LogP contribution in [0.4, 0.5) is 11.4 Å². The number of hydrogen-bond donors (Lipinski definition) is 2. The van der Waals surface area contributed by atoms with Crippen molar-refractivity contribution in [3.63, 3.8) is 0 Å². The standard InChI is InChI=1S/C13H19BrN2O4/c1-9-6-11(10(14)7-12(9)16(18)19)15-8-13(2,17)4-5-20-3/h6-7,15,17H,4-5,8H2,1-3H3. The number of nitro groups is 1. The number of ether oxygens (including phenoxy) is 1. The van der Waals surface area contributed by atoms with E-state index in [0.29, 0.717) is 35.3 Å². The van der Waals surface area contributed by atoms with Crippen molar-refractivity contribution in [2.75, 3.05) is 25.6 Å². The molecule has 1 rings (SSSR count). The van der Waals surface area contributed by atoms with Crippen LogP contribution in [0.25, 0.3) is 0 Å². The fraction of sp³-hybridized carbons (Fsp3) is 0.538. The topological polar surface area (TPSA) is 84.6 Å². The highest BCUT2D eigenvalue weighted by molar-refractivity contribution is 9.10. The van der Waals surface area contributed by atoms with Crippen LogP contribution in [0.3, 0.4) is 0 Å². The summed E-state index contributed by atoms with van der Waals surface area (Å²) >= 11 is 3.30. The van der Waals surface area contributed by atoms with E-state index in [4.69, 9.17) is 4.74 Å². The first-order chi connectivity index (χ1) is 9.26. The predicted molar refractivity (Wildman–Crippen MR) is 81.1 cm³/mol. The van der Waals surface area contributed by atoms with Gasteiger partial charge in [0.2, 0.25) is 0 Å². The maximum atomic E-state index is 10.8. The van der Waals surface area contributed by atoms with E-state index in [2.05, 4.69) is 21.2 Å². The SMILES string of the molecule is COCCC(C)(O)CNc1cc(C)c([N+](=O)[O-])cc1Br. The minimum absolute atomic E-state index is 0.0635. The van der Waals surface area contributed by atoms with Gasteiger partial charge in [0.05, 0.1) is 10.5 Å². The summed E-state index contributed by atoms with van der Waals surface area (Å²) < 4.78 is 5.54. The molecule has 20 heavy (non-hydrogen) atoms. The van der Waals surface area contributed by atoms with E-state index in [9.17, 15) is 15.2 Å². The third-order valence-corrected chi connectivity index (χ3v) is 3.64. The summed E-state index contributed by atoms with van der Waals surface area (Å²) in [7, 11) is 1.58. The highest BCUT2D eigenvalue weighted by Gasteiger charge is 2.21. The van der Waals surface area contributed by atoms with Crippen molar-refractivity contribution in [2.24, 2.45) is 0 Å². The number of aliphatic hydroxyl groups is 1. The van der Waals surface area contributed by atoms with Crippen molar-refractivity contribution in [1.29, 1.82) is 0 Å². The van der Waals surface area contributed by atoms with Crippen LogP contribution in [0, 0.1) is 17.0 Å². The van der Waals surface area contributed by atoms with Crippen LogP contribution in [0.15, 0.2) is 16.6 Å². The van der Waals surface area contributed by atoms with Crippen LogP contribution >= 0.6 is 15.9 Å². The lowest BCUT2D eigenvalue weighted by Crippen LogP contribution is -2.34. The molecule has 0 amide bonds. The largest absolute Gasteiger partial charge is 0.388 e. The van der Waals surface area contributed by atoms with Crippen molar-refractivity contribution in [1.82, 2.24) is 0 Å². The van der Waals surface area contributed by atoms with Gasteiger partial charge in [-0.3, -0.25) is 10.1 Å². The molecular weight excluding hydrogens is 328 g/mol. The highest BCUT2D eigenvalue weighted by Crippen LogP contribution is 2.31. The number of nitro benzene ring substituents is 1. The summed E-state index contributed by atoms with van der Waals surface area (Å²) in [6.45, 7) is 4.19. The maximum Gasteiger partial charge on any atom is 0.273 e. The van der Waals surface area contributed by atoms with Crippen LogP contribution in [0.5, 0.6) is 0 Å². The van der Waals surface area contributed by atoms with Crippen molar-refractivity contribution in [2.45, 2.75) is 25.9 Å². The molecule has 112 valence electrons. The molecule has 0 aromatic heterocycles. The molecule has 0 saturated carbocycles. The fourth-order valence-electron chi connectivity index (χ4n) is 1.70. The fourth-order valence-corrected chi connectivity index (χ4v) is 2.17. The average molecular weight is 347 g/mol. The van der Waals surface area contributed by atoms with E-state index in [-0.39, 0.29) is 5.69 Å². The first-order valence-electron chi connectivity index (χ1n) is 6.16. The Labute approximate surface area is 126 Å². The van der Waals surface area contributed by atoms with Crippen LogP contribution in [0.2, 0.25) is 0 Å². The molecule has 0 spiro atoms. The van der Waals surface area contributed by atoms with E-state index in [1.165, 1.54) is 6.07 Å². The molecule has 0 heterocycles. The molecule has 0 aliphatic rings. The molecule has 0 aliphatic carbocycles. The molecule has 1 aromatic carbocycles. The van der Waals surface area contributed by atoms with Gasteiger partial charge in [-0.15, -0.1) is 0 Å². The molecule has 2 N–H and O–H groups in total. The molecule has 1 unspecified atom stereocenters. The van der Waals surface area contributed by atoms with Gasteiger partial charge in [0.25, 0.3) is 5.69 Å². The van der Waals surface area contributed by atoms with Gasteiger partial charge in [-0.2, -0.15) is 0 Å². The van der Waals surface area contributed by atoms with Gasteiger partial charge in [0, 0.05) is 48.5 Å². The zero-order valence-electron chi connectivity index (χ0n) is 11.8.